The number of anilines is 1. The maximum Gasteiger partial charge on any atom is 0.182 e. The number of aromatic nitrogens is 4. The fourth-order valence-corrected chi connectivity index (χ4v) is 1.49. The van der Waals surface area contributed by atoms with Crippen LogP contribution in [0.15, 0.2) is 12.7 Å². The number of likely N-dealkylation sites (N-methyl/N-ethyl adjacent to an activating group) is 1. The van der Waals surface area contributed by atoms with Gasteiger partial charge in [-0.05, 0) is 14.1 Å². The van der Waals surface area contributed by atoms with Gasteiger partial charge in [-0.15, -0.1) is 0 Å². The van der Waals surface area contributed by atoms with Crippen LogP contribution in [0.4, 0.5) is 5.82 Å². The number of imidazole rings is 1. The van der Waals surface area contributed by atoms with Gasteiger partial charge in [0.2, 0.25) is 0 Å². The predicted molar refractivity (Wildman–Crippen MR) is 69.5 cm³/mol. The van der Waals surface area contributed by atoms with E-state index in [-0.39, 0.29) is 0 Å². The van der Waals surface area contributed by atoms with Crippen LogP contribution in [-0.2, 0) is 4.74 Å². The SMILES string of the molecule is CN(C)CCOCCNc1ncnc2nc[nH]c12. The van der Waals surface area contributed by atoms with Gasteiger partial charge in [-0.2, -0.15) is 0 Å². The highest BCUT2D eigenvalue weighted by Gasteiger charge is 2.04. The zero-order valence-electron chi connectivity index (χ0n) is 10.7. The third-order valence-electron chi connectivity index (χ3n) is 2.44. The summed E-state index contributed by atoms with van der Waals surface area (Å²) in [6, 6.07) is 0. The van der Waals surface area contributed by atoms with E-state index in [1.54, 1.807) is 6.33 Å². The van der Waals surface area contributed by atoms with Crippen molar-refractivity contribution in [2.24, 2.45) is 0 Å². The minimum Gasteiger partial charge on any atom is -0.378 e. The number of aromatic amines is 1. The summed E-state index contributed by atoms with van der Waals surface area (Å²) in [6.45, 7) is 3.02. The molecule has 7 heteroatoms. The molecular formula is C11H18N6O. The second kappa shape index (κ2) is 6.27. The van der Waals surface area contributed by atoms with E-state index in [1.807, 2.05) is 14.1 Å². The molecule has 0 atom stereocenters. The molecule has 2 rings (SSSR count). The van der Waals surface area contributed by atoms with Crippen LogP contribution >= 0.6 is 0 Å². The quantitative estimate of drug-likeness (QED) is 0.690. The van der Waals surface area contributed by atoms with Crippen molar-refractivity contribution in [3.63, 3.8) is 0 Å². The zero-order chi connectivity index (χ0) is 12.8. The second-order valence-electron chi connectivity index (χ2n) is 4.17. The van der Waals surface area contributed by atoms with Crippen LogP contribution in [0, 0.1) is 0 Å². The fraction of sp³-hybridized carbons (Fsp3) is 0.545. The van der Waals surface area contributed by atoms with Crippen molar-refractivity contribution in [1.82, 2.24) is 24.8 Å². The van der Waals surface area contributed by atoms with Crippen LogP contribution in [0.3, 0.4) is 0 Å². The molecule has 0 aromatic carbocycles. The van der Waals surface area contributed by atoms with E-state index in [1.165, 1.54) is 6.33 Å². The van der Waals surface area contributed by atoms with Crippen molar-refractivity contribution >= 4 is 17.0 Å². The summed E-state index contributed by atoms with van der Waals surface area (Å²) in [4.78, 5) is 17.4. The Balaban J connectivity index is 1.75. The lowest BCUT2D eigenvalue weighted by Crippen LogP contribution is -2.20. The summed E-state index contributed by atoms with van der Waals surface area (Å²) >= 11 is 0. The van der Waals surface area contributed by atoms with Gasteiger partial charge in [0.05, 0.1) is 19.5 Å². The summed E-state index contributed by atoms with van der Waals surface area (Å²) in [5, 5.41) is 3.20. The van der Waals surface area contributed by atoms with Gasteiger partial charge in [-0.25, -0.2) is 15.0 Å². The number of fused-ring (bicyclic) bond motifs is 1. The maximum absolute atomic E-state index is 5.49. The van der Waals surface area contributed by atoms with E-state index in [9.17, 15) is 0 Å². The van der Waals surface area contributed by atoms with E-state index in [0.29, 0.717) is 18.8 Å². The highest BCUT2D eigenvalue weighted by molar-refractivity contribution is 5.81. The van der Waals surface area contributed by atoms with Crippen molar-refractivity contribution in [3.05, 3.63) is 12.7 Å². The van der Waals surface area contributed by atoms with Crippen molar-refractivity contribution in [3.8, 4) is 0 Å². The number of ether oxygens (including phenoxy) is 1. The fourth-order valence-electron chi connectivity index (χ4n) is 1.49. The predicted octanol–water partition coefficient (Wildman–Crippen LogP) is 0.343. The van der Waals surface area contributed by atoms with Crippen LogP contribution < -0.4 is 5.32 Å². The van der Waals surface area contributed by atoms with E-state index in [0.717, 1.165) is 24.5 Å². The number of nitrogens with zero attached hydrogens (tertiary/aromatic N) is 4. The number of H-pyrrole nitrogens is 1. The highest BCUT2D eigenvalue weighted by atomic mass is 16.5. The molecule has 0 saturated carbocycles. The molecule has 98 valence electrons. The number of hydrogen-bond acceptors (Lipinski definition) is 6. The minimum atomic E-state index is 0.646. The Morgan fingerprint density at radius 1 is 1.28 bits per heavy atom. The molecular weight excluding hydrogens is 232 g/mol. The molecule has 2 heterocycles. The van der Waals surface area contributed by atoms with Gasteiger partial charge in [0.25, 0.3) is 0 Å². The summed E-state index contributed by atoms with van der Waals surface area (Å²) in [5.74, 6) is 0.758. The molecule has 2 aromatic rings. The number of rotatable bonds is 7. The highest BCUT2D eigenvalue weighted by Crippen LogP contribution is 2.13. The Bertz CT molecular complexity index is 483. The first kappa shape index (κ1) is 12.7. The van der Waals surface area contributed by atoms with Crippen LogP contribution in [0.2, 0.25) is 0 Å². The molecule has 0 fully saturated rings. The van der Waals surface area contributed by atoms with Crippen molar-refractivity contribution in [2.75, 3.05) is 45.7 Å². The van der Waals surface area contributed by atoms with Crippen LogP contribution in [0.25, 0.3) is 11.2 Å². The van der Waals surface area contributed by atoms with Gasteiger partial charge in [-0.3, -0.25) is 0 Å². The molecule has 0 aliphatic heterocycles. The standard InChI is InChI=1S/C11H18N6O/c1-17(2)4-6-18-5-3-12-10-9-11(14-7-13-9)16-8-15-10/h7-8H,3-6H2,1-2H3,(H2,12,13,14,15,16). The molecule has 0 saturated heterocycles. The molecule has 0 unspecified atom stereocenters. The Kier molecular flexibility index (Phi) is 4.43. The Morgan fingerprint density at radius 3 is 3.00 bits per heavy atom. The molecule has 0 bridgehead atoms. The monoisotopic (exact) mass is 250 g/mol. The lowest BCUT2D eigenvalue weighted by atomic mass is 10.5. The van der Waals surface area contributed by atoms with Crippen molar-refractivity contribution in [1.29, 1.82) is 0 Å². The smallest absolute Gasteiger partial charge is 0.182 e. The summed E-state index contributed by atoms with van der Waals surface area (Å²) in [5.41, 5.74) is 1.49. The molecule has 18 heavy (non-hydrogen) atoms. The second-order valence-corrected chi connectivity index (χ2v) is 4.17. The average molecular weight is 250 g/mol. The van der Waals surface area contributed by atoms with Gasteiger partial charge in [0.1, 0.15) is 11.8 Å². The normalized spacial score (nSPS) is 11.3. The largest absolute Gasteiger partial charge is 0.378 e. The summed E-state index contributed by atoms with van der Waals surface area (Å²) in [6.07, 6.45) is 3.11. The summed E-state index contributed by atoms with van der Waals surface area (Å²) < 4.78 is 5.49. The Hall–Kier alpha value is -1.73. The molecule has 2 aromatic heterocycles. The van der Waals surface area contributed by atoms with Crippen LogP contribution in [0.1, 0.15) is 0 Å². The first-order valence-corrected chi connectivity index (χ1v) is 5.88. The molecule has 2 N–H and O–H groups in total. The van der Waals surface area contributed by atoms with Crippen LogP contribution in [0.5, 0.6) is 0 Å². The van der Waals surface area contributed by atoms with E-state index in [4.69, 9.17) is 4.74 Å². The molecule has 0 aliphatic carbocycles. The van der Waals surface area contributed by atoms with E-state index < -0.39 is 0 Å². The molecule has 0 amide bonds. The van der Waals surface area contributed by atoms with Gasteiger partial charge in [0, 0.05) is 13.1 Å². The van der Waals surface area contributed by atoms with Gasteiger partial charge in [-0.1, -0.05) is 0 Å². The minimum absolute atomic E-state index is 0.646. The number of nitrogens with one attached hydrogen (secondary N) is 2. The third-order valence-corrected chi connectivity index (χ3v) is 2.44. The zero-order valence-corrected chi connectivity index (χ0v) is 10.7. The third kappa shape index (κ3) is 3.38. The van der Waals surface area contributed by atoms with Crippen molar-refractivity contribution < 1.29 is 4.74 Å². The molecule has 7 nitrogen and oxygen atoms in total. The van der Waals surface area contributed by atoms with Gasteiger partial charge >= 0.3 is 0 Å². The molecule has 0 spiro atoms. The molecule has 0 aliphatic rings. The Morgan fingerprint density at radius 2 is 2.17 bits per heavy atom. The maximum atomic E-state index is 5.49. The van der Waals surface area contributed by atoms with E-state index >= 15 is 0 Å². The van der Waals surface area contributed by atoms with Gasteiger partial charge < -0.3 is 19.9 Å². The summed E-state index contributed by atoms with van der Waals surface area (Å²) in [7, 11) is 4.05. The first-order chi connectivity index (χ1) is 8.77. The van der Waals surface area contributed by atoms with Crippen molar-refractivity contribution in [2.45, 2.75) is 0 Å². The molecule has 0 radical (unpaired) electrons. The van der Waals surface area contributed by atoms with Gasteiger partial charge in [0.15, 0.2) is 11.5 Å². The lowest BCUT2D eigenvalue weighted by molar-refractivity contribution is 0.126. The number of hydrogen-bond donors (Lipinski definition) is 2. The van der Waals surface area contributed by atoms with Crippen LogP contribution in [-0.4, -0.2) is 65.2 Å². The van der Waals surface area contributed by atoms with E-state index in [2.05, 4.69) is 30.2 Å². The average Bonchev–Trinajstić information content (AvgIpc) is 2.82. The lowest BCUT2D eigenvalue weighted by Gasteiger charge is -2.10. The topological polar surface area (TPSA) is 79.0 Å². The first-order valence-electron chi connectivity index (χ1n) is 5.88. The Labute approximate surface area is 106 Å².